The Morgan fingerprint density at radius 3 is 2.46 bits per heavy atom. The highest BCUT2D eigenvalue weighted by molar-refractivity contribution is 9.10. The van der Waals surface area contributed by atoms with Crippen molar-refractivity contribution >= 4 is 44.9 Å². The largest absolute Gasteiger partial charge is 0.508 e. The standard InChI is InChI=1S/C17H17BrN2O3S/c1-10(2)23-15-8-3-11(9-14(15)18)16(22)20-17(24)19-12-4-6-13(21)7-5-12/h3-10,21H,1-2H3,(H2,19,20,22,24). The predicted molar refractivity (Wildman–Crippen MR) is 102 cm³/mol. The van der Waals surface area contributed by atoms with Crippen LogP contribution < -0.4 is 15.4 Å². The first-order valence-corrected chi connectivity index (χ1v) is 8.43. The van der Waals surface area contributed by atoms with Gasteiger partial charge in [0.05, 0.1) is 10.6 Å². The van der Waals surface area contributed by atoms with Crippen molar-refractivity contribution in [1.29, 1.82) is 0 Å². The van der Waals surface area contributed by atoms with Crippen LogP contribution in [0.3, 0.4) is 0 Å². The van der Waals surface area contributed by atoms with Gasteiger partial charge in [0.15, 0.2) is 5.11 Å². The monoisotopic (exact) mass is 408 g/mol. The summed E-state index contributed by atoms with van der Waals surface area (Å²) in [5, 5.41) is 14.9. The van der Waals surface area contributed by atoms with E-state index in [9.17, 15) is 9.90 Å². The molecule has 0 saturated heterocycles. The van der Waals surface area contributed by atoms with Crippen LogP contribution in [0.25, 0.3) is 0 Å². The fourth-order valence-electron chi connectivity index (χ4n) is 1.87. The summed E-state index contributed by atoms with van der Waals surface area (Å²) in [4.78, 5) is 12.2. The fraction of sp³-hybridized carbons (Fsp3) is 0.176. The highest BCUT2D eigenvalue weighted by Crippen LogP contribution is 2.27. The number of amides is 1. The number of aromatic hydroxyl groups is 1. The summed E-state index contributed by atoms with van der Waals surface area (Å²) >= 11 is 8.51. The third-order valence-corrected chi connectivity index (χ3v) is 3.73. The summed E-state index contributed by atoms with van der Waals surface area (Å²) in [6.07, 6.45) is 0.0445. The number of phenols is 1. The summed E-state index contributed by atoms with van der Waals surface area (Å²) in [7, 11) is 0. The molecule has 0 aromatic heterocycles. The van der Waals surface area contributed by atoms with Crippen molar-refractivity contribution in [3.63, 3.8) is 0 Å². The zero-order valence-corrected chi connectivity index (χ0v) is 15.6. The number of halogens is 1. The number of benzene rings is 2. The number of nitrogens with one attached hydrogen (secondary N) is 2. The zero-order valence-electron chi connectivity index (χ0n) is 13.2. The topological polar surface area (TPSA) is 70.6 Å². The van der Waals surface area contributed by atoms with Gasteiger partial charge in [0.2, 0.25) is 0 Å². The van der Waals surface area contributed by atoms with E-state index in [4.69, 9.17) is 17.0 Å². The molecule has 0 bridgehead atoms. The van der Waals surface area contributed by atoms with E-state index in [2.05, 4.69) is 26.6 Å². The second-order valence-corrected chi connectivity index (χ2v) is 6.53. The number of hydrogen-bond donors (Lipinski definition) is 3. The molecule has 0 aliphatic carbocycles. The van der Waals surface area contributed by atoms with Gasteiger partial charge >= 0.3 is 0 Å². The number of anilines is 1. The second kappa shape index (κ2) is 8.12. The van der Waals surface area contributed by atoms with Gasteiger partial charge in [0, 0.05) is 11.3 Å². The maximum atomic E-state index is 12.2. The maximum absolute atomic E-state index is 12.2. The SMILES string of the molecule is CC(C)Oc1ccc(C(=O)NC(=S)Nc2ccc(O)cc2)cc1Br. The first-order valence-electron chi connectivity index (χ1n) is 7.22. The molecule has 5 nitrogen and oxygen atoms in total. The molecule has 0 atom stereocenters. The van der Waals surface area contributed by atoms with E-state index in [1.54, 1.807) is 30.3 Å². The zero-order chi connectivity index (χ0) is 17.7. The molecule has 0 aliphatic heterocycles. The van der Waals surface area contributed by atoms with Crippen LogP contribution >= 0.6 is 28.1 Å². The van der Waals surface area contributed by atoms with Gasteiger partial charge in [-0.15, -0.1) is 0 Å². The second-order valence-electron chi connectivity index (χ2n) is 5.27. The van der Waals surface area contributed by atoms with E-state index in [0.717, 1.165) is 0 Å². The van der Waals surface area contributed by atoms with Crippen LogP contribution in [0.1, 0.15) is 24.2 Å². The third-order valence-electron chi connectivity index (χ3n) is 2.91. The summed E-state index contributed by atoms with van der Waals surface area (Å²) < 4.78 is 6.31. The van der Waals surface area contributed by atoms with Gasteiger partial charge in [0.25, 0.3) is 5.91 Å². The van der Waals surface area contributed by atoms with Crippen LogP contribution in [0.4, 0.5) is 5.69 Å². The number of rotatable bonds is 4. The minimum atomic E-state index is -0.330. The van der Waals surface area contributed by atoms with Crippen molar-refractivity contribution < 1.29 is 14.6 Å². The average Bonchev–Trinajstić information content (AvgIpc) is 2.51. The van der Waals surface area contributed by atoms with Crippen molar-refractivity contribution in [2.24, 2.45) is 0 Å². The Kier molecular flexibility index (Phi) is 6.16. The van der Waals surface area contributed by atoms with Gasteiger partial charge in [-0.3, -0.25) is 10.1 Å². The van der Waals surface area contributed by atoms with Crippen molar-refractivity contribution in [1.82, 2.24) is 5.32 Å². The average molecular weight is 409 g/mol. The van der Waals surface area contributed by atoms with Crippen LogP contribution in [0.5, 0.6) is 11.5 Å². The molecule has 0 radical (unpaired) electrons. The highest BCUT2D eigenvalue weighted by Gasteiger charge is 2.11. The smallest absolute Gasteiger partial charge is 0.257 e. The van der Waals surface area contributed by atoms with Crippen molar-refractivity contribution in [2.45, 2.75) is 20.0 Å². The number of carbonyl (C=O) groups is 1. The van der Waals surface area contributed by atoms with E-state index >= 15 is 0 Å². The predicted octanol–water partition coefficient (Wildman–Crippen LogP) is 4.07. The molecule has 1 amide bonds. The van der Waals surface area contributed by atoms with Crippen LogP contribution in [0.2, 0.25) is 0 Å². The fourth-order valence-corrected chi connectivity index (χ4v) is 2.56. The number of phenolic OH excluding ortho intramolecular Hbond substituents is 1. The molecule has 0 unspecified atom stereocenters. The van der Waals surface area contributed by atoms with E-state index in [0.29, 0.717) is 21.5 Å². The number of carbonyl (C=O) groups excluding carboxylic acids is 1. The van der Waals surface area contributed by atoms with E-state index in [1.165, 1.54) is 12.1 Å². The van der Waals surface area contributed by atoms with Gasteiger partial charge in [-0.2, -0.15) is 0 Å². The van der Waals surface area contributed by atoms with Gasteiger partial charge < -0.3 is 15.2 Å². The minimum absolute atomic E-state index is 0.0445. The number of ether oxygens (including phenoxy) is 1. The summed E-state index contributed by atoms with van der Waals surface area (Å²) in [5.41, 5.74) is 1.12. The van der Waals surface area contributed by atoms with Gasteiger partial charge in [-0.25, -0.2) is 0 Å². The molecule has 0 spiro atoms. The molecule has 2 aromatic carbocycles. The lowest BCUT2D eigenvalue weighted by Gasteiger charge is -2.13. The van der Waals surface area contributed by atoms with Crippen molar-refractivity contribution in [3.8, 4) is 11.5 Å². The van der Waals surface area contributed by atoms with E-state index < -0.39 is 0 Å². The lowest BCUT2D eigenvalue weighted by molar-refractivity contribution is 0.0977. The lowest BCUT2D eigenvalue weighted by atomic mass is 10.2. The Hall–Kier alpha value is -2.12. The molecule has 2 rings (SSSR count). The number of hydrogen-bond acceptors (Lipinski definition) is 4. The highest BCUT2D eigenvalue weighted by atomic mass is 79.9. The maximum Gasteiger partial charge on any atom is 0.257 e. The summed E-state index contributed by atoms with van der Waals surface area (Å²) in [6.45, 7) is 3.86. The molecule has 3 N–H and O–H groups in total. The molecule has 0 fully saturated rings. The van der Waals surface area contributed by atoms with Crippen LogP contribution in [0, 0.1) is 0 Å². The van der Waals surface area contributed by atoms with Gasteiger partial charge in [-0.1, -0.05) is 0 Å². The van der Waals surface area contributed by atoms with Crippen LogP contribution in [-0.2, 0) is 0 Å². The number of thiocarbonyl (C=S) groups is 1. The summed E-state index contributed by atoms with van der Waals surface area (Å²) in [5.74, 6) is 0.499. The Balaban J connectivity index is 1.99. The van der Waals surface area contributed by atoms with Crippen LogP contribution in [0.15, 0.2) is 46.9 Å². The van der Waals surface area contributed by atoms with Gasteiger partial charge in [-0.05, 0) is 84.5 Å². The normalized spacial score (nSPS) is 10.3. The quantitative estimate of drug-likeness (QED) is 0.525. The molecule has 0 saturated carbocycles. The van der Waals surface area contributed by atoms with Gasteiger partial charge in [0.1, 0.15) is 11.5 Å². The van der Waals surface area contributed by atoms with E-state index in [1.807, 2.05) is 13.8 Å². The first kappa shape index (κ1) is 18.2. The van der Waals surface area contributed by atoms with Crippen molar-refractivity contribution in [2.75, 3.05) is 5.32 Å². The molecule has 2 aromatic rings. The molecule has 7 heteroatoms. The lowest BCUT2D eigenvalue weighted by Crippen LogP contribution is -2.34. The first-order chi connectivity index (χ1) is 11.3. The molecule has 0 heterocycles. The molecule has 126 valence electrons. The van der Waals surface area contributed by atoms with Crippen molar-refractivity contribution in [3.05, 3.63) is 52.5 Å². The molecular formula is C17H17BrN2O3S. The van der Waals surface area contributed by atoms with Crippen LogP contribution in [-0.4, -0.2) is 22.2 Å². The van der Waals surface area contributed by atoms with E-state index in [-0.39, 0.29) is 22.9 Å². The molecule has 0 aliphatic rings. The Bertz CT molecular complexity index is 748. The Morgan fingerprint density at radius 1 is 1.21 bits per heavy atom. The Labute approximate surface area is 154 Å². The third kappa shape index (κ3) is 5.21. The molecule has 24 heavy (non-hydrogen) atoms. The minimum Gasteiger partial charge on any atom is -0.508 e. The summed E-state index contributed by atoms with van der Waals surface area (Å²) in [6, 6.07) is 11.4. The molecular weight excluding hydrogens is 392 g/mol. The Morgan fingerprint density at radius 2 is 1.88 bits per heavy atom.